The SMILES string of the molecule is Cc1n[nH]c(=S)n(NC(=O)c2csc(C3CCN(C(=O)c4ccccc4C(F)(F)F)CC3)n2)c1=O. The number of rotatable bonds is 4. The number of halogens is 3. The van der Waals surface area contributed by atoms with Crippen LogP contribution >= 0.6 is 23.6 Å². The molecule has 3 aromatic rings. The number of piperidine rings is 1. The fourth-order valence-electron chi connectivity index (χ4n) is 3.74. The number of carbonyl (C=O) groups is 2. The smallest absolute Gasteiger partial charge is 0.339 e. The highest BCUT2D eigenvalue weighted by Gasteiger charge is 2.36. The lowest BCUT2D eigenvalue weighted by atomic mass is 9.96. The first-order valence-corrected chi connectivity index (χ1v) is 11.8. The molecule has 184 valence electrons. The van der Waals surface area contributed by atoms with Crippen LogP contribution in [0.4, 0.5) is 13.2 Å². The molecule has 1 fully saturated rings. The van der Waals surface area contributed by atoms with Crippen molar-refractivity contribution in [3.05, 3.63) is 72.3 Å². The van der Waals surface area contributed by atoms with Gasteiger partial charge in [0.25, 0.3) is 17.4 Å². The van der Waals surface area contributed by atoms with E-state index >= 15 is 0 Å². The van der Waals surface area contributed by atoms with Crippen LogP contribution in [0, 0.1) is 11.7 Å². The standard InChI is InChI=1S/C21H19F3N6O3S2/c1-11-18(32)30(20(34)27-26-11)28-16(31)15-10-35-17(25-15)12-6-8-29(9-7-12)19(33)13-4-2-3-5-14(13)21(22,23)24/h2-5,10,12H,6-9H2,1H3,(H,27,34)(H,28,31). The molecule has 0 radical (unpaired) electrons. The third-order valence-electron chi connectivity index (χ3n) is 5.60. The summed E-state index contributed by atoms with van der Waals surface area (Å²) in [6.45, 7) is 1.99. The van der Waals surface area contributed by atoms with Gasteiger partial charge in [0.2, 0.25) is 4.77 Å². The van der Waals surface area contributed by atoms with Crippen molar-refractivity contribution in [2.24, 2.45) is 0 Å². The summed E-state index contributed by atoms with van der Waals surface area (Å²) in [7, 11) is 0. The highest BCUT2D eigenvalue weighted by Crippen LogP contribution is 2.34. The Morgan fingerprint density at radius 3 is 2.60 bits per heavy atom. The fraction of sp³-hybridized carbons (Fsp3) is 0.333. The molecule has 9 nitrogen and oxygen atoms in total. The zero-order valence-electron chi connectivity index (χ0n) is 18.3. The highest BCUT2D eigenvalue weighted by atomic mass is 32.1. The summed E-state index contributed by atoms with van der Waals surface area (Å²) >= 11 is 6.25. The molecule has 1 saturated heterocycles. The van der Waals surface area contributed by atoms with Gasteiger partial charge in [-0.3, -0.25) is 24.9 Å². The number of aryl methyl sites for hydroxylation is 1. The van der Waals surface area contributed by atoms with Crippen molar-refractivity contribution in [1.82, 2.24) is 24.8 Å². The van der Waals surface area contributed by atoms with Crippen molar-refractivity contribution in [1.29, 1.82) is 0 Å². The summed E-state index contributed by atoms with van der Waals surface area (Å²) in [6.07, 6.45) is -3.64. The largest absolute Gasteiger partial charge is 0.417 e. The first-order chi connectivity index (χ1) is 16.6. The van der Waals surface area contributed by atoms with E-state index in [1.807, 2.05) is 0 Å². The summed E-state index contributed by atoms with van der Waals surface area (Å²) in [5, 5.41) is 8.40. The van der Waals surface area contributed by atoms with Gasteiger partial charge in [-0.2, -0.15) is 22.9 Å². The number of H-pyrrole nitrogens is 1. The van der Waals surface area contributed by atoms with E-state index < -0.39 is 29.1 Å². The molecule has 1 aliphatic heterocycles. The summed E-state index contributed by atoms with van der Waals surface area (Å²) < 4.78 is 40.7. The molecule has 0 atom stereocenters. The third kappa shape index (κ3) is 5.17. The molecule has 0 bridgehead atoms. The predicted octanol–water partition coefficient (Wildman–Crippen LogP) is 3.49. The quantitative estimate of drug-likeness (QED) is 0.506. The van der Waals surface area contributed by atoms with Gasteiger partial charge in [-0.05, 0) is 44.1 Å². The normalized spacial score (nSPS) is 14.7. The molecular formula is C21H19F3N6O3S2. The van der Waals surface area contributed by atoms with E-state index in [-0.39, 0.29) is 40.7 Å². The van der Waals surface area contributed by atoms with Crippen molar-refractivity contribution in [2.45, 2.75) is 31.9 Å². The molecule has 14 heteroatoms. The molecule has 1 aromatic carbocycles. The molecule has 0 saturated carbocycles. The monoisotopic (exact) mass is 524 g/mol. The Balaban J connectivity index is 1.42. The number of aromatic nitrogens is 4. The number of carbonyl (C=O) groups excluding carboxylic acids is 2. The number of nitrogens with one attached hydrogen (secondary N) is 2. The van der Waals surface area contributed by atoms with Crippen LogP contribution in [0.5, 0.6) is 0 Å². The number of nitrogens with zero attached hydrogens (tertiary/aromatic N) is 4. The van der Waals surface area contributed by atoms with E-state index in [1.165, 1.54) is 41.4 Å². The van der Waals surface area contributed by atoms with Crippen LogP contribution in [0.15, 0.2) is 34.4 Å². The number of benzene rings is 1. The molecular weight excluding hydrogens is 505 g/mol. The van der Waals surface area contributed by atoms with Crippen LogP contribution in [-0.4, -0.2) is 49.7 Å². The van der Waals surface area contributed by atoms with E-state index in [0.29, 0.717) is 17.8 Å². The zero-order chi connectivity index (χ0) is 25.3. The van der Waals surface area contributed by atoms with Gasteiger partial charge in [-0.1, -0.05) is 12.1 Å². The van der Waals surface area contributed by atoms with Gasteiger partial charge in [-0.25, -0.2) is 4.98 Å². The second-order valence-electron chi connectivity index (χ2n) is 7.88. The van der Waals surface area contributed by atoms with E-state index in [4.69, 9.17) is 12.2 Å². The summed E-state index contributed by atoms with van der Waals surface area (Å²) in [4.78, 5) is 43.3. The van der Waals surface area contributed by atoms with E-state index in [0.717, 1.165) is 10.7 Å². The second kappa shape index (κ2) is 9.70. The van der Waals surface area contributed by atoms with Crippen molar-refractivity contribution >= 4 is 35.4 Å². The molecule has 0 aliphatic carbocycles. The van der Waals surface area contributed by atoms with Crippen LogP contribution in [0.3, 0.4) is 0 Å². The van der Waals surface area contributed by atoms with Crippen LogP contribution in [-0.2, 0) is 6.18 Å². The summed E-state index contributed by atoms with van der Waals surface area (Å²) in [5.41, 5.74) is 0.727. The molecule has 1 aliphatic rings. The number of alkyl halides is 3. The van der Waals surface area contributed by atoms with Crippen LogP contribution in [0.25, 0.3) is 0 Å². The van der Waals surface area contributed by atoms with Gasteiger partial charge in [-0.15, -0.1) is 11.3 Å². The molecule has 0 unspecified atom stereocenters. The van der Waals surface area contributed by atoms with Gasteiger partial charge >= 0.3 is 6.18 Å². The average molecular weight is 525 g/mol. The highest BCUT2D eigenvalue weighted by molar-refractivity contribution is 7.71. The number of hydrogen-bond donors (Lipinski definition) is 2. The number of likely N-dealkylation sites (tertiary alicyclic amines) is 1. The lowest BCUT2D eigenvalue weighted by molar-refractivity contribution is -0.138. The van der Waals surface area contributed by atoms with Crippen molar-refractivity contribution in [3.8, 4) is 0 Å². The van der Waals surface area contributed by atoms with Gasteiger partial charge in [0, 0.05) is 24.4 Å². The predicted molar refractivity (Wildman–Crippen MR) is 124 cm³/mol. The number of hydrogen-bond acceptors (Lipinski definition) is 7. The van der Waals surface area contributed by atoms with Crippen molar-refractivity contribution in [3.63, 3.8) is 0 Å². The first kappa shape index (κ1) is 24.7. The molecule has 2 amide bonds. The maximum atomic E-state index is 13.3. The number of thiazole rings is 1. The topological polar surface area (TPSA) is 113 Å². The van der Waals surface area contributed by atoms with E-state index in [9.17, 15) is 27.6 Å². The molecule has 0 spiro atoms. The maximum Gasteiger partial charge on any atom is 0.417 e. The Labute approximate surface area is 205 Å². The lowest BCUT2D eigenvalue weighted by Gasteiger charge is -2.31. The Bertz CT molecular complexity index is 1390. The minimum absolute atomic E-state index is 0.0581. The summed E-state index contributed by atoms with van der Waals surface area (Å²) in [6, 6.07) is 4.74. The van der Waals surface area contributed by atoms with Crippen molar-refractivity contribution in [2.75, 3.05) is 18.5 Å². The first-order valence-electron chi connectivity index (χ1n) is 10.5. The Kier molecular flexibility index (Phi) is 6.85. The Morgan fingerprint density at radius 2 is 1.91 bits per heavy atom. The molecule has 4 rings (SSSR count). The average Bonchev–Trinajstić information content (AvgIpc) is 3.34. The van der Waals surface area contributed by atoms with Crippen LogP contribution < -0.4 is 11.0 Å². The van der Waals surface area contributed by atoms with Crippen LogP contribution in [0.2, 0.25) is 0 Å². The minimum Gasteiger partial charge on any atom is -0.339 e. The van der Waals surface area contributed by atoms with Gasteiger partial charge in [0.1, 0.15) is 11.4 Å². The van der Waals surface area contributed by atoms with Gasteiger partial charge < -0.3 is 4.90 Å². The second-order valence-corrected chi connectivity index (χ2v) is 9.15. The third-order valence-corrected chi connectivity index (χ3v) is 6.88. The Morgan fingerprint density at radius 1 is 1.23 bits per heavy atom. The van der Waals surface area contributed by atoms with E-state index in [2.05, 4.69) is 20.6 Å². The fourth-order valence-corrected chi connectivity index (χ4v) is 4.89. The number of amides is 2. The zero-order valence-corrected chi connectivity index (χ0v) is 19.9. The van der Waals surface area contributed by atoms with Gasteiger partial charge in [0.15, 0.2) is 0 Å². The maximum absolute atomic E-state index is 13.3. The van der Waals surface area contributed by atoms with E-state index in [1.54, 1.807) is 5.38 Å². The summed E-state index contributed by atoms with van der Waals surface area (Å²) in [5.74, 6) is -1.35. The molecule has 2 N–H and O–H groups in total. The Hall–Kier alpha value is -3.39. The molecule has 2 aromatic heterocycles. The molecule has 3 heterocycles. The van der Waals surface area contributed by atoms with Crippen LogP contribution in [0.1, 0.15) is 55.9 Å². The minimum atomic E-state index is -4.62. The van der Waals surface area contributed by atoms with Crippen molar-refractivity contribution < 1.29 is 22.8 Å². The number of aromatic amines is 1. The lowest BCUT2D eigenvalue weighted by Crippen LogP contribution is -2.38. The molecule has 35 heavy (non-hydrogen) atoms. The van der Waals surface area contributed by atoms with Gasteiger partial charge in [0.05, 0.1) is 16.1 Å².